The van der Waals surface area contributed by atoms with Crippen LogP contribution in [-0.2, 0) is 0 Å². The molecule has 0 aliphatic heterocycles. The molecule has 1 aliphatic rings. The van der Waals surface area contributed by atoms with Gasteiger partial charge in [0.05, 0.1) is 12.6 Å². The van der Waals surface area contributed by atoms with Crippen molar-refractivity contribution in [3.63, 3.8) is 0 Å². The third-order valence-corrected chi connectivity index (χ3v) is 4.39. The molecule has 0 aromatic heterocycles. The number of aliphatic hydroxyl groups excluding tert-OH is 1. The molecule has 1 aliphatic carbocycles. The minimum Gasteiger partial charge on any atom is -0.394 e. The molecule has 0 spiro atoms. The third kappa shape index (κ3) is 3.99. The summed E-state index contributed by atoms with van der Waals surface area (Å²) >= 11 is 3.44. The lowest BCUT2D eigenvalue weighted by atomic mass is 9.92. The van der Waals surface area contributed by atoms with Crippen molar-refractivity contribution < 1.29 is 5.11 Å². The molecular formula is C15H22BrNO. The lowest BCUT2D eigenvalue weighted by Gasteiger charge is -2.26. The molecule has 2 N–H and O–H groups in total. The highest BCUT2D eigenvalue weighted by Crippen LogP contribution is 2.27. The van der Waals surface area contributed by atoms with E-state index >= 15 is 0 Å². The number of benzene rings is 1. The van der Waals surface area contributed by atoms with E-state index < -0.39 is 0 Å². The van der Waals surface area contributed by atoms with Crippen LogP contribution in [0.2, 0.25) is 0 Å². The smallest absolute Gasteiger partial charge is 0.0635 e. The van der Waals surface area contributed by atoms with Gasteiger partial charge in [-0.15, -0.1) is 0 Å². The van der Waals surface area contributed by atoms with Gasteiger partial charge in [0.15, 0.2) is 0 Å². The van der Waals surface area contributed by atoms with Crippen molar-refractivity contribution in [1.82, 2.24) is 0 Å². The van der Waals surface area contributed by atoms with E-state index in [9.17, 15) is 5.11 Å². The summed E-state index contributed by atoms with van der Waals surface area (Å²) in [4.78, 5) is 0. The first-order valence-corrected chi connectivity index (χ1v) is 7.72. The van der Waals surface area contributed by atoms with E-state index in [4.69, 9.17) is 0 Å². The Labute approximate surface area is 118 Å². The number of halogens is 1. The molecule has 0 amide bonds. The Hall–Kier alpha value is -0.540. The molecule has 0 bridgehead atoms. The minimum absolute atomic E-state index is 0.198. The van der Waals surface area contributed by atoms with Gasteiger partial charge in [-0.05, 0) is 43.0 Å². The second-order valence-electron chi connectivity index (χ2n) is 5.19. The maximum absolute atomic E-state index is 9.61. The fraction of sp³-hybridized carbons (Fsp3) is 0.600. The van der Waals surface area contributed by atoms with Crippen LogP contribution in [0.3, 0.4) is 0 Å². The summed E-state index contributed by atoms with van der Waals surface area (Å²) in [6, 6.07) is 8.38. The van der Waals surface area contributed by atoms with E-state index in [-0.39, 0.29) is 12.6 Å². The van der Waals surface area contributed by atoms with Gasteiger partial charge in [-0.1, -0.05) is 41.6 Å². The van der Waals surface area contributed by atoms with Gasteiger partial charge in [0.2, 0.25) is 0 Å². The van der Waals surface area contributed by atoms with Gasteiger partial charge < -0.3 is 10.4 Å². The second kappa shape index (κ2) is 7.15. The zero-order chi connectivity index (χ0) is 12.8. The van der Waals surface area contributed by atoms with Crippen LogP contribution in [0.5, 0.6) is 0 Å². The van der Waals surface area contributed by atoms with Crippen LogP contribution >= 0.6 is 15.9 Å². The molecular weight excluding hydrogens is 290 g/mol. The molecule has 1 unspecified atom stereocenters. The Bertz CT molecular complexity index is 344. The molecule has 1 fully saturated rings. The van der Waals surface area contributed by atoms with Crippen molar-refractivity contribution >= 4 is 21.6 Å². The lowest BCUT2D eigenvalue weighted by molar-refractivity contribution is 0.227. The van der Waals surface area contributed by atoms with E-state index in [1.807, 2.05) is 12.1 Å². The summed E-state index contributed by atoms with van der Waals surface area (Å²) in [5.74, 6) is 0.612. The normalized spacial score (nSPS) is 19.2. The first-order valence-electron chi connectivity index (χ1n) is 6.92. The van der Waals surface area contributed by atoms with Crippen LogP contribution < -0.4 is 5.32 Å². The molecule has 100 valence electrons. The lowest BCUT2D eigenvalue weighted by Crippen LogP contribution is -2.32. The fourth-order valence-electron chi connectivity index (χ4n) is 2.79. The van der Waals surface area contributed by atoms with Gasteiger partial charge in [-0.3, -0.25) is 0 Å². The van der Waals surface area contributed by atoms with Crippen molar-refractivity contribution in [2.24, 2.45) is 5.92 Å². The summed E-state index contributed by atoms with van der Waals surface area (Å²) in [7, 11) is 0. The van der Waals surface area contributed by atoms with E-state index in [0.717, 1.165) is 10.2 Å². The summed E-state index contributed by atoms with van der Waals surface area (Å²) in [6.45, 7) is 0.223. The predicted octanol–water partition coefficient (Wildman–Crippen LogP) is 4.19. The van der Waals surface area contributed by atoms with Crippen LogP contribution in [0, 0.1) is 5.92 Å². The molecule has 1 atom stereocenters. The standard InChI is InChI=1S/C15H22BrNO/c16-13-7-9-14(10-8-13)17-15(11-18)12-5-3-1-2-4-6-12/h7-10,12,15,17-18H,1-6,11H2. The molecule has 3 heteroatoms. The van der Waals surface area contributed by atoms with Gasteiger partial charge in [0, 0.05) is 10.2 Å². The van der Waals surface area contributed by atoms with Gasteiger partial charge in [0.1, 0.15) is 0 Å². The zero-order valence-corrected chi connectivity index (χ0v) is 12.3. The maximum atomic E-state index is 9.61. The second-order valence-corrected chi connectivity index (χ2v) is 6.11. The quantitative estimate of drug-likeness (QED) is 0.817. The Morgan fingerprint density at radius 2 is 1.72 bits per heavy atom. The molecule has 2 rings (SSSR count). The molecule has 18 heavy (non-hydrogen) atoms. The molecule has 1 saturated carbocycles. The van der Waals surface area contributed by atoms with Crippen molar-refractivity contribution in [2.75, 3.05) is 11.9 Å². The van der Waals surface area contributed by atoms with Crippen LogP contribution in [0.4, 0.5) is 5.69 Å². The number of anilines is 1. The number of aliphatic hydroxyl groups is 1. The Morgan fingerprint density at radius 1 is 1.11 bits per heavy atom. The fourth-order valence-corrected chi connectivity index (χ4v) is 3.05. The molecule has 0 saturated heterocycles. The highest BCUT2D eigenvalue weighted by molar-refractivity contribution is 9.10. The molecule has 0 radical (unpaired) electrons. The van der Waals surface area contributed by atoms with Gasteiger partial charge >= 0.3 is 0 Å². The highest BCUT2D eigenvalue weighted by Gasteiger charge is 2.21. The third-order valence-electron chi connectivity index (χ3n) is 3.86. The number of rotatable bonds is 4. The van der Waals surface area contributed by atoms with Crippen LogP contribution in [0.15, 0.2) is 28.7 Å². The van der Waals surface area contributed by atoms with E-state index in [1.54, 1.807) is 0 Å². The molecule has 2 nitrogen and oxygen atoms in total. The van der Waals surface area contributed by atoms with Crippen molar-refractivity contribution in [1.29, 1.82) is 0 Å². The van der Waals surface area contributed by atoms with Gasteiger partial charge in [-0.25, -0.2) is 0 Å². The maximum Gasteiger partial charge on any atom is 0.0635 e. The van der Waals surface area contributed by atoms with Crippen molar-refractivity contribution in [2.45, 2.75) is 44.6 Å². The number of nitrogens with one attached hydrogen (secondary N) is 1. The largest absolute Gasteiger partial charge is 0.394 e. The predicted molar refractivity (Wildman–Crippen MR) is 79.8 cm³/mol. The molecule has 0 heterocycles. The topological polar surface area (TPSA) is 32.3 Å². The monoisotopic (exact) mass is 311 g/mol. The van der Waals surface area contributed by atoms with Gasteiger partial charge in [0.25, 0.3) is 0 Å². The average molecular weight is 312 g/mol. The van der Waals surface area contributed by atoms with E-state index in [1.165, 1.54) is 38.5 Å². The zero-order valence-electron chi connectivity index (χ0n) is 10.7. The average Bonchev–Trinajstić information content (AvgIpc) is 2.67. The first-order chi connectivity index (χ1) is 8.79. The summed E-state index contributed by atoms with van der Waals surface area (Å²) in [6.07, 6.45) is 7.82. The van der Waals surface area contributed by atoms with E-state index in [2.05, 4.69) is 33.4 Å². The van der Waals surface area contributed by atoms with Crippen molar-refractivity contribution in [3.05, 3.63) is 28.7 Å². The molecule has 1 aromatic carbocycles. The Balaban J connectivity index is 1.97. The first kappa shape index (κ1) is 13.9. The summed E-state index contributed by atoms with van der Waals surface area (Å²) in [5, 5.41) is 13.1. The SMILES string of the molecule is OCC(Nc1ccc(Br)cc1)C1CCCCCC1. The van der Waals surface area contributed by atoms with E-state index in [0.29, 0.717) is 5.92 Å². The number of hydrogen-bond donors (Lipinski definition) is 2. The van der Waals surface area contributed by atoms with Crippen LogP contribution in [0.1, 0.15) is 38.5 Å². The van der Waals surface area contributed by atoms with Gasteiger partial charge in [-0.2, -0.15) is 0 Å². The number of hydrogen-bond acceptors (Lipinski definition) is 2. The highest BCUT2D eigenvalue weighted by atomic mass is 79.9. The summed E-state index contributed by atoms with van der Waals surface area (Å²) < 4.78 is 1.09. The Morgan fingerprint density at radius 3 is 2.28 bits per heavy atom. The molecule has 1 aromatic rings. The van der Waals surface area contributed by atoms with Crippen LogP contribution in [0.25, 0.3) is 0 Å². The summed E-state index contributed by atoms with van der Waals surface area (Å²) in [5.41, 5.74) is 1.10. The van der Waals surface area contributed by atoms with Crippen LogP contribution in [-0.4, -0.2) is 17.8 Å². The van der Waals surface area contributed by atoms with Crippen molar-refractivity contribution in [3.8, 4) is 0 Å². The minimum atomic E-state index is 0.198. The Kier molecular flexibility index (Phi) is 5.51.